The molecule has 0 saturated heterocycles. The quantitative estimate of drug-likeness (QED) is 0.173. The van der Waals surface area contributed by atoms with E-state index < -0.39 is 0 Å². The van der Waals surface area contributed by atoms with E-state index in [1.54, 1.807) is 0 Å². The number of fused-ring (bicyclic) bond motifs is 16. The zero-order chi connectivity index (χ0) is 47.0. The van der Waals surface area contributed by atoms with Crippen molar-refractivity contribution < 1.29 is 0 Å². The van der Waals surface area contributed by atoms with E-state index in [1.165, 1.54) is 81.7 Å². The van der Waals surface area contributed by atoms with Gasteiger partial charge in [-0.25, -0.2) is 0 Å². The lowest BCUT2D eigenvalue weighted by Crippen LogP contribution is -1.96. The smallest absolute Gasteiger partial charge is 0.0780 e. The van der Waals surface area contributed by atoms with Gasteiger partial charge in [0.1, 0.15) is 0 Å². The third-order valence-electron chi connectivity index (χ3n) is 15.2. The van der Waals surface area contributed by atoms with Gasteiger partial charge < -0.3 is 18.3 Å². The lowest BCUT2D eigenvalue weighted by Gasteiger charge is -2.12. The monoisotopic (exact) mass is 916 g/mol. The summed E-state index contributed by atoms with van der Waals surface area (Å²) in [6.07, 6.45) is 5.79. The third kappa shape index (κ3) is 5.43. The number of rotatable bonds is 5. The van der Waals surface area contributed by atoms with Crippen molar-refractivity contribution in [2.24, 2.45) is 0 Å². The third-order valence-corrected chi connectivity index (χ3v) is 15.2. The van der Waals surface area contributed by atoms with Crippen molar-refractivity contribution in [2.75, 3.05) is 0 Å². The second-order valence-electron chi connectivity index (χ2n) is 19.0. The van der Waals surface area contributed by atoms with Crippen LogP contribution in [0.2, 0.25) is 0 Å². The Kier molecular flexibility index (Phi) is 8.07. The molecule has 16 aromatic rings. The largest absolute Gasteiger partial charge is 0.309 e. The highest BCUT2D eigenvalue weighted by Gasteiger charge is 2.24. The van der Waals surface area contributed by atoms with E-state index in [0.29, 0.717) is 0 Å². The SMILES string of the molecule is c1ccc(-n2c3ccccc3c3c2ccc2c4cc(-c5nccc6cc(-n7c8ccccc8c8c7ccc7c9ccccc9n(-c9ccccc9)c78)ccc56)ccc4n(-c4ccc5cnccc5c4)c23)cc1. The van der Waals surface area contributed by atoms with Gasteiger partial charge in [-0.15, -0.1) is 0 Å². The van der Waals surface area contributed by atoms with Crippen molar-refractivity contribution in [1.29, 1.82) is 0 Å². The van der Waals surface area contributed by atoms with Gasteiger partial charge in [0.15, 0.2) is 0 Å². The van der Waals surface area contributed by atoms with Crippen LogP contribution < -0.4 is 0 Å². The molecule has 0 bridgehead atoms. The van der Waals surface area contributed by atoms with Crippen LogP contribution >= 0.6 is 0 Å². The molecule has 0 atom stereocenters. The van der Waals surface area contributed by atoms with Gasteiger partial charge in [0.2, 0.25) is 0 Å². The van der Waals surface area contributed by atoms with Crippen LogP contribution in [0.3, 0.4) is 0 Å². The summed E-state index contributed by atoms with van der Waals surface area (Å²) < 4.78 is 9.76. The van der Waals surface area contributed by atoms with Crippen molar-refractivity contribution in [3.05, 3.63) is 243 Å². The van der Waals surface area contributed by atoms with Crippen molar-refractivity contribution in [2.45, 2.75) is 0 Å². The summed E-state index contributed by atoms with van der Waals surface area (Å²) in [5.41, 5.74) is 16.0. The van der Waals surface area contributed by atoms with Crippen LogP contribution in [0.25, 0.3) is 143 Å². The average molecular weight is 917 g/mol. The Morgan fingerprint density at radius 1 is 0.278 bits per heavy atom. The molecule has 0 radical (unpaired) electrons. The van der Waals surface area contributed by atoms with Crippen LogP contribution in [-0.4, -0.2) is 28.2 Å². The normalized spacial score (nSPS) is 12.2. The van der Waals surface area contributed by atoms with Crippen molar-refractivity contribution in [3.8, 4) is 34.0 Å². The van der Waals surface area contributed by atoms with Crippen LogP contribution in [0.1, 0.15) is 0 Å². The summed E-state index contributed by atoms with van der Waals surface area (Å²) in [6, 6.07) is 82.0. The van der Waals surface area contributed by atoms with Crippen LogP contribution in [0.4, 0.5) is 0 Å². The first-order valence-corrected chi connectivity index (χ1v) is 24.6. The highest BCUT2D eigenvalue weighted by molar-refractivity contribution is 6.28. The fraction of sp³-hybridized carbons (Fsp3) is 0. The Bertz CT molecular complexity index is 4920. The Morgan fingerprint density at radius 3 is 1.49 bits per heavy atom. The van der Waals surface area contributed by atoms with Gasteiger partial charge in [0, 0.05) is 101 Å². The van der Waals surface area contributed by atoms with E-state index in [2.05, 4.69) is 248 Å². The minimum absolute atomic E-state index is 0.957. The van der Waals surface area contributed by atoms with Crippen LogP contribution in [0.5, 0.6) is 0 Å². The number of hydrogen-bond donors (Lipinski definition) is 0. The lowest BCUT2D eigenvalue weighted by atomic mass is 10.0. The van der Waals surface area contributed by atoms with Crippen molar-refractivity contribution >= 4 is 109 Å². The maximum atomic E-state index is 5.15. The fourth-order valence-electron chi connectivity index (χ4n) is 12.2. The lowest BCUT2D eigenvalue weighted by molar-refractivity contribution is 1.17. The van der Waals surface area contributed by atoms with Gasteiger partial charge in [-0.1, -0.05) is 121 Å². The number of hydrogen-bond acceptors (Lipinski definition) is 2. The molecule has 16 rings (SSSR count). The Morgan fingerprint density at radius 2 is 0.778 bits per heavy atom. The first kappa shape index (κ1) is 39.1. The summed E-state index contributed by atoms with van der Waals surface area (Å²) in [5, 5.41) is 14.3. The van der Waals surface area contributed by atoms with Crippen LogP contribution in [0.15, 0.2) is 243 Å². The second-order valence-corrected chi connectivity index (χ2v) is 19.0. The molecule has 0 fully saturated rings. The summed E-state index contributed by atoms with van der Waals surface area (Å²) in [5.74, 6) is 0. The van der Waals surface area contributed by atoms with Gasteiger partial charge in [0.25, 0.3) is 0 Å². The first-order chi connectivity index (χ1) is 35.7. The maximum Gasteiger partial charge on any atom is 0.0780 e. The molecule has 0 unspecified atom stereocenters. The first-order valence-electron chi connectivity index (χ1n) is 24.6. The molecule has 0 aliphatic heterocycles. The molecular weight excluding hydrogens is 877 g/mol. The highest BCUT2D eigenvalue weighted by atomic mass is 15.0. The topological polar surface area (TPSA) is 45.5 Å². The molecule has 10 aromatic carbocycles. The van der Waals surface area contributed by atoms with Crippen LogP contribution in [-0.2, 0) is 0 Å². The number of benzene rings is 10. The number of nitrogens with zero attached hydrogens (tertiary/aromatic N) is 6. The van der Waals surface area contributed by atoms with Gasteiger partial charge in [-0.05, 0) is 114 Å². The number of aromatic nitrogens is 6. The predicted molar refractivity (Wildman–Crippen MR) is 300 cm³/mol. The minimum atomic E-state index is 0.957. The van der Waals surface area contributed by atoms with Gasteiger partial charge >= 0.3 is 0 Å². The zero-order valence-electron chi connectivity index (χ0n) is 38.8. The van der Waals surface area contributed by atoms with Crippen molar-refractivity contribution in [1.82, 2.24) is 28.2 Å². The van der Waals surface area contributed by atoms with E-state index in [0.717, 1.165) is 61.1 Å². The van der Waals surface area contributed by atoms with Crippen molar-refractivity contribution in [3.63, 3.8) is 0 Å². The number of pyridine rings is 2. The van der Waals surface area contributed by atoms with Crippen LogP contribution in [0, 0.1) is 0 Å². The summed E-state index contributed by atoms with van der Waals surface area (Å²) in [6.45, 7) is 0. The van der Waals surface area contributed by atoms with E-state index in [-0.39, 0.29) is 0 Å². The van der Waals surface area contributed by atoms with E-state index in [4.69, 9.17) is 4.98 Å². The van der Waals surface area contributed by atoms with Gasteiger partial charge in [0.05, 0.1) is 49.8 Å². The molecule has 0 saturated carbocycles. The Labute approximate surface area is 412 Å². The summed E-state index contributed by atoms with van der Waals surface area (Å²) in [7, 11) is 0. The van der Waals surface area contributed by atoms with E-state index >= 15 is 0 Å². The molecular formula is C66H40N6. The maximum absolute atomic E-state index is 5.15. The van der Waals surface area contributed by atoms with Gasteiger partial charge in [-0.3, -0.25) is 9.97 Å². The Balaban J connectivity index is 0.912. The Hall–Kier alpha value is -9.78. The molecule has 72 heavy (non-hydrogen) atoms. The molecule has 6 nitrogen and oxygen atoms in total. The fourth-order valence-corrected chi connectivity index (χ4v) is 12.2. The molecule has 0 spiro atoms. The minimum Gasteiger partial charge on any atom is -0.309 e. The summed E-state index contributed by atoms with van der Waals surface area (Å²) >= 11 is 0. The predicted octanol–water partition coefficient (Wildman–Crippen LogP) is 16.8. The molecule has 6 heterocycles. The molecule has 0 aliphatic rings. The van der Waals surface area contributed by atoms with Gasteiger partial charge in [-0.2, -0.15) is 0 Å². The molecule has 6 heteroatoms. The summed E-state index contributed by atoms with van der Waals surface area (Å²) in [4.78, 5) is 9.58. The standard InChI is InChI=1S/C66H40N6/c1-3-13-45(14-4-1)69-57-21-11-8-18-53(57)62-60(69)32-29-52-55-39-43(24-30-59(55)72(66(52)62)48-25-23-44-40-67-35-33-41(44)37-48)64-49-27-26-47(38-42(49)34-36-68-64)70-58-22-12-9-19-54(58)63-61(70)31-28-51-50-17-7-10-20-56(50)71(65(51)63)46-15-5-2-6-16-46/h1-40H. The average Bonchev–Trinajstić information content (AvgIpc) is 4.18. The molecule has 6 aromatic heterocycles. The molecule has 0 aliphatic carbocycles. The second kappa shape index (κ2) is 14.9. The molecule has 334 valence electrons. The molecule has 0 amide bonds. The van der Waals surface area contributed by atoms with E-state index in [9.17, 15) is 0 Å². The van der Waals surface area contributed by atoms with E-state index in [1.807, 2.05) is 18.6 Å². The highest BCUT2D eigenvalue weighted by Crippen LogP contribution is 2.45. The zero-order valence-corrected chi connectivity index (χ0v) is 38.8. The molecule has 0 N–H and O–H groups in total. The number of para-hydroxylation sites is 5.